The third-order valence-electron chi connectivity index (χ3n) is 3.14. The number of aliphatic hydroxyl groups is 1. The van der Waals surface area contributed by atoms with Crippen molar-refractivity contribution in [1.82, 2.24) is 10.2 Å². The third kappa shape index (κ3) is 3.22. The van der Waals surface area contributed by atoms with Crippen LogP contribution in [0.3, 0.4) is 0 Å². The summed E-state index contributed by atoms with van der Waals surface area (Å²) in [6, 6.07) is 0.226. The van der Waals surface area contributed by atoms with Gasteiger partial charge < -0.3 is 10.4 Å². The molecule has 1 saturated carbocycles. The molecule has 1 atom stereocenters. The summed E-state index contributed by atoms with van der Waals surface area (Å²) in [5, 5.41) is 11.7. The second-order valence-electron chi connectivity index (χ2n) is 4.14. The molecule has 0 aromatic heterocycles. The van der Waals surface area contributed by atoms with Crippen molar-refractivity contribution < 1.29 is 9.90 Å². The molecule has 1 aliphatic rings. The Morgan fingerprint density at radius 2 is 2.38 bits per heavy atom. The summed E-state index contributed by atoms with van der Waals surface area (Å²) >= 11 is 0. The third-order valence-corrected chi connectivity index (χ3v) is 3.14. The molecule has 0 saturated heterocycles. The molecule has 0 aromatic rings. The van der Waals surface area contributed by atoms with Crippen LogP contribution in [0.2, 0.25) is 0 Å². The highest BCUT2D eigenvalue weighted by Crippen LogP contribution is 2.26. The number of hydrogen-bond acceptors (Lipinski definition) is 3. The standard InChI is InChI=1S/C12H20N2O2/c1-3-7-13-12(16)10(2)14(8-9-15)11-5-4-6-11/h1,10-11,15H,4-9H2,2H3,(H,13,16). The van der Waals surface area contributed by atoms with Gasteiger partial charge in [-0.2, -0.15) is 0 Å². The fraction of sp³-hybridized carbons (Fsp3) is 0.750. The van der Waals surface area contributed by atoms with Gasteiger partial charge in [0.1, 0.15) is 0 Å². The summed E-state index contributed by atoms with van der Waals surface area (Å²) in [4.78, 5) is 13.8. The van der Waals surface area contributed by atoms with Crippen molar-refractivity contribution in [2.75, 3.05) is 19.7 Å². The van der Waals surface area contributed by atoms with Crippen LogP contribution >= 0.6 is 0 Å². The lowest BCUT2D eigenvalue weighted by atomic mass is 9.90. The zero-order valence-corrected chi connectivity index (χ0v) is 9.78. The predicted octanol–water partition coefficient (Wildman–Crippen LogP) is -0.0289. The number of nitrogens with one attached hydrogen (secondary N) is 1. The number of hydrogen-bond donors (Lipinski definition) is 2. The van der Waals surface area contributed by atoms with Crippen molar-refractivity contribution in [2.45, 2.75) is 38.3 Å². The summed E-state index contributed by atoms with van der Waals surface area (Å²) < 4.78 is 0. The molecule has 0 bridgehead atoms. The molecule has 0 spiro atoms. The summed E-state index contributed by atoms with van der Waals surface area (Å²) in [5.41, 5.74) is 0. The van der Waals surface area contributed by atoms with E-state index in [0.29, 0.717) is 12.6 Å². The van der Waals surface area contributed by atoms with Gasteiger partial charge in [-0.15, -0.1) is 6.42 Å². The van der Waals surface area contributed by atoms with Gasteiger partial charge in [0.05, 0.1) is 19.2 Å². The minimum absolute atomic E-state index is 0.0571. The van der Waals surface area contributed by atoms with E-state index >= 15 is 0 Å². The van der Waals surface area contributed by atoms with E-state index in [1.165, 1.54) is 6.42 Å². The first-order valence-corrected chi connectivity index (χ1v) is 5.78. The Kier molecular flexibility index (Phi) is 5.30. The molecule has 90 valence electrons. The Labute approximate surface area is 97.0 Å². The van der Waals surface area contributed by atoms with Gasteiger partial charge in [-0.25, -0.2) is 0 Å². The average molecular weight is 224 g/mol. The fourth-order valence-corrected chi connectivity index (χ4v) is 1.96. The van der Waals surface area contributed by atoms with Crippen molar-refractivity contribution in [3.63, 3.8) is 0 Å². The number of amides is 1. The van der Waals surface area contributed by atoms with Crippen LogP contribution in [0.25, 0.3) is 0 Å². The normalized spacial score (nSPS) is 17.6. The van der Waals surface area contributed by atoms with Crippen LogP contribution in [-0.4, -0.2) is 47.7 Å². The Bertz CT molecular complexity index is 269. The van der Waals surface area contributed by atoms with E-state index in [2.05, 4.69) is 16.1 Å². The van der Waals surface area contributed by atoms with E-state index in [1.807, 2.05) is 6.92 Å². The Morgan fingerprint density at radius 3 is 2.81 bits per heavy atom. The summed E-state index contributed by atoms with van der Waals surface area (Å²) in [6.45, 7) is 2.76. The topological polar surface area (TPSA) is 52.6 Å². The highest BCUT2D eigenvalue weighted by molar-refractivity contribution is 5.81. The molecular formula is C12H20N2O2. The van der Waals surface area contributed by atoms with Crippen LogP contribution in [0.4, 0.5) is 0 Å². The van der Waals surface area contributed by atoms with Crippen molar-refractivity contribution in [1.29, 1.82) is 0 Å². The largest absolute Gasteiger partial charge is 0.395 e. The zero-order valence-electron chi connectivity index (χ0n) is 9.78. The van der Waals surface area contributed by atoms with Gasteiger partial charge in [-0.05, 0) is 19.8 Å². The lowest BCUT2D eigenvalue weighted by Crippen LogP contribution is -2.52. The molecule has 2 N–H and O–H groups in total. The molecule has 0 aliphatic heterocycles. The smallest absolute Gasteiger partial charge is 0.237 e. The molecule has 4 heteroatoms. The molecule has 1 rings (SSSR count). The Morgan fingerprint density at radius 1 is 1.69 bits per heavy atom. The lowest BCUT2D eigenvalue weighted by Gasteiger charge is -2.40. The van der Waals surface area contributed by atoms with Crippen LogP contribution in [-0.2, 0) is 4.79 Å². The fourth-order valence-electron chi connectivity index (χ4n) is 1.96. The maximum Gasteiger partial charge on any atom is 0.237 e. The van der Waals surface area contributed by atoms with Crippen LogP contribution in [0.15, 0.2) is 0 Å². The Balaban J connectivity index is 2.48. The van der Waals surface area contributed by atoms with Crippen molar-refractivity contribution >= 4 is 5.91 Å². The number of aliphatic hydroxyl groups excluding tert-OH is 1. The van der Waals surface area contributed by atoms with Gasteiger partial charge in [-0.3, -0.25) is 9.69 Å². The van der Waals surface area contributed by atoms with Crippen LogP contribution in [0.5, 0.6) is 0 Å². The molecule has 16 heavy (non-hydrogen) atoms. The first kappa shape index (κ1) is 13.0. The maximum absolute atomic E-state index is 11.7. The van der Waals surface area contributed by atoms with Crippen LogP contribution in [0, 0.1) is 12.3 Å². The van der Waals surface area contributed by atoms with E-state index in [4.69, 9.17) is 11.5 Å². The summed E-state index contributed by atoms with van der Waals surface area (Å²) in [6.07, 6.45) is 8.54. The van der Waals surface area contributed by atoms with E-state index in [0.717, 1.165) is 12.8 Å². The summed E-state index contributed by atoms with van der Waals surface area (Å²) in [7, 11) is 0. The SMILES string of the molecule is C#CCNC(=O)C(C)N(CCO)C1CCC1. The van der Waals surface area contributed by atoms with Crippen molar-refractivity contribution in [3.8, 4) is 12.3 Å². The van der Waals surface area contributed by atoms with Gasteiger partial charge in [0, 0.05) is 12.6 Å². The maximum atomic E-state index is 11.7. The molecule has 0 aromatic carbocycles. The Hall–Kier alpha value is -1.05. The molecule has 0 radical (unpaired) electrons. The van der Waals surface area contributed by atoms with Crippen molar-refractivity contribution in [2.24, 2.45) is 0 Å². The first-order valence-electron chi connectivity index (χ1n) is 5.78. The van der Waals surface area contributed by atoms with Crippen LogP contribution in [0.1, 0.15) is 26.2 Å². The number of terminal acetylenes is 1. The van der Waals surface area contributed by atoms with Gasteiger partial charge >= 0.3 is 0 Å². The second kappa shape index (κ2) is 6.51. The number of rotatable bonds is 6. The molecule has 4 nitrogen and oxygen atoms in total. The minimum atomic E-state index is -0.217. The number of carbonyl (C=O) groups excluding carboxylic acids is 1. The van der Waals surface area contributed by atoms with E-state index in [9.17, 15) is 4.79 Å². The highest BCUT2D eigenvalue weighted by Gasteiger charge is 2.31. The quantitative estimate of drug-likeness (QED) is 0.623. The monoisotopic (exact) mass is 224 g/mol. The molecule has 1 unspecified atom stereocenters. The highest BCUT2D eigenvalue weighted by atomic mass is 16.3. The molecule has 1 amide bonds. The number of nitrogens with zero attached hydrogens (tertiary/aromatic N) is 1. The van der Waals surface area contributed by atoms with Gasteiger partial charge in [0.25, 0.3) is 0 Å². The van der Waals surface area contributed by atoms with Crippen LogP contribution < -0.4 is 5.32 Å². The van der Waals surface area contributed by atoms with Gasteiger partial charge in [0.15, 0.2) is 0 Å². The molecule has 1 aliphatic carbocycles. The predicted molar refractivity (Wildman–Crippen MR) is 62.7 cm³/mol. The molecular weight excluding hydrogens is 204 g/mol. The second-order valence-corrected chi connectivity index (χ2v) is 4.14. The number of carbonyl (C=O) groups is 1. The lowest BCUT2D eigenvalue weighted by molar-refractivity contribution is -0.127. The average Bonchev–Trinajstić information content (AvgIpc) is 2.21. The van der Waals surface area contributed by atoms with Gasteiger partial charge in [0.2, 0.25) is 5.91 Å². The van der Waals surface area contributed by atoms with E-state index in [-0.39, 0.29) is 25.1 Å². The van der Waals surface area contributed by atoms with Gasteiger partial charge in [-0.1, -0.05) is 12.3 Å². The summed E-state index contributed by atoms with van der Waals surface area (Å²) in [5.74, 6) is 2.32. The first-order chi connectivity index (χ1) is 7.70. The van der Waals surface area contributed by atoms with E-state index < -0.39 is 0 Å². The molecule has 0 heterocycles. The minimum Gasteiger partial charge on any atom is -0.395 e. The van der Waals surface area contributed by atoms with E-state index in [1.54, 1.807) is 0 Å². The van der Waals surface area contributed by atoms with Crippen molar-refractivity contribution in [3.05, 3.63) is 0 Å². The molecule has 1 fully saturated rings. The zero-order chi connectivity index (χ0) is 12.0.